The molecule has 0 aliphatic heterocycles. The van der Waals surface area contributed by atoms with E-state index in [0.717, 1.165) is 22.3 Å². The molecule has 2 heteroatoms. The van der Waals surface area contributed by atoms with Crippen LogP contribution in [0.15, 0.2) is 36.4 Å². The maximum absolute atomic E-state index is 12.3. The SMILES string of the molecule is Cc1cc(C)c(C(=O)NCc2ccccc2C)cc1C. The van der Waals surface area contributed by atoms with E-state index < -0.39 is 0 Å². The van der Waals surface area contributed by atoms with Crippen molar-refractivity contribution in [2.45, 2.75) is 34.2 Å². The molecule has 20 heavy (non-hydrogen) atoms. The second-order valence-electron chi connectivity index (χ2n) is 5.36. The van der Waals surface area contributed by atoms with Crippen molar-refractivity contribution in [1.82, 2.24) is 5.32 Å². The molecule has 104 valence electrons. The van der Waals surface area contributed by atoms with Crippen molar-refractivity contribution in [3.63, 3.8) is 0 Å². The quantitative estimate of drug-likeness (QED) is 0.899. The van der Waals surface area contributed by atoms with Gasteiger partial charge in [-0.15, -0.1) is 0 Å². The van der Waals surface area contributed by atoms with E-state index in [1.54, 1.807) is 0 Å². The second-order valence-corrected chi connectivity index (χ2v) is 5.36. The third-order valence-electron chi connectivity index (χ3n) is 3.79. The number of hydrogen-bond donors (Lipinski definition) is 1. The van der Waals surface area contributed by atoms with Crippen LogP contribution in [0, 0.1) is 27.7 Å². The summed E-state index contributed by atoms with van der Waals surface area (Å²) in [5.41, 5.74) is 6.51. The fourth-order valence-electron chi connectivity index (χ4n) is 2.28. The Hall–Kier alpha value is -2.09. The van der Waals surface area contributed by atoms with Gasteiger partial charge in [-0.3, -0.25) is 4.79 Å². The molecule has 0 radical (unpaired) electrons. The summed E-state index contributed by atoms with van der Waals surface area (Å²) in [5.74, 6) is -0.00569. The summed E-state index contributed by atoms with van der Waals surface area (Å²) in [6, 6.07) is 12.1. The second kappa shape index (κ2) is 5.91. The topological polar surface area (TPSA) is 29.1 Å². The Bertz CT molecular complexity index is 644. The van der Waals surface area contributed by atoms with Gasteiger partial charge >= 0.3 is 0 Å². The van der Waals surface area contributed by atoms with Gasteiger partial charge < -0.3 is 5.32 Å². The largest absolute Gasteiger partial charge is 0.348 e. The number of benzene rings is 2. The number of amides is 1. The van der Waals surface area contributed by atoms with E-state index in [1.165, 1.54) is 11.1 Å². The minimum Gasteiger partial charge on any atom is -0.348 e. The summed E-state index contributed by atoms with van der Waals surface area (Å²) in [5, 5.41) is 3.00. The van der Waals surface area contributed by atoms with Gasteiger partial charge in [0.25, 0.3) is 5.91 Å². The highest BCUT2D eigenvalue weighted by Crippen LogP contribution is 2.15. The molecule has 0 aromatic heterocycles. The van der Waals surface area contributed by atoms with Crippen LogP contribution >= 0.6 is 0 Å². The molecule has 0 spiro atoms. The fourth-order valence-corrected chi connectivity index (χ4v) is 2.28. The molecule has 0 atom stereocenters. The van der Waals surface area contributed by atoms with Crippen molar-refractivity contribution in [3.05, 3.63) is 69.8 Å². The maximum Gasteiger partial charge on any atom is 0.251 e. The van der Waals surface area contributed by atoms with Gasteiger partial charge in [0.2, 0.25) is 0 Å². The molecule has 0 aliphatic carbocycles. The summed E-state index contributed by atoms with van der Waals surface area (Å²) in [4.78, 5) is 12.3. The minimum atomic E-state index is -0.00569. The van der Waals surface area contributed by atoms with Gasteiger partial charge in [0.05, 0.1) is 0 Å². The van der Waals surface area contributed by atoms with E-state index in [9.17, 15) is 4.79 Å². The van der Waals surface area contributed by atoms with Crippen LogP contribution in [-0.4, -0.2) is 5.91 Å². The predicted molar refractivity (Wildman–Crippen MR) is 83.0 cm³/mol. The smallest absolute Gasteiger partial charge is 0.251 e. The van der Waals surface area contributed by atoms with Crippen LogP contribution in [0.1, 0.15) is 38.2 Å². The molecule has 2 rings (SSSR count). The summed E-state index contributed by atoms with van der Waals surface area (Å²) in [7, 11) is 0. The number of carbonyl (C=O) groups excluding carboxylic acids is 1. The number of rotatable bonds is 3. The van der Waals surface area contributed by atoms with Crippen molar-refractivity contribution >= 4 is 5.91 Å². The van der Waals surface area contributed by atoms with Crippen LogP contribution in [-0.2, 0) is 6.54 Å². The number of aryl methyl sites for hydroxylation is 4. The zero-order valence-electron chi connectivity index (χ0n) is 12.6. The first-order valence-corrected chi connectivity index (χ1v) is 6.89. The van der Waals surface area contributed by atoms with Gasteiger partial charge in [-0.05, 0) is 61.6 Å². The molecule has 1 N–H and O–H groups in total. The third-order valence-corrected chi connectivity index (χ3v) is 3.79. The minimum absolute atomic E-state index is 0.00569. The molecule has 0 saturated carbocycles. The third kappa shape index (κ3) is 3.08. The lowest BCUT2D eigenvalue weighted by atomic mass is 10.0. The lowest BCUT2D eigenvalue weighted by molar-refractivity contribution is 0.0950. The summed E-state index contributed by atoms with van der Waals surface area (Å²) >= 11 is 0. The highest BCUT2D eigenvalue weighted by atomic mass is 16.1. The Balaban J connectivity index is 2.13. The van der Waals surface area contributed by atoms with E-state index in [1.807, 2.05) is 38.1 Å². The Morgan fingerprint density at radius 2 is 1.55 bits per heavy atom. The average molecular weight is 267 g/mol. The van der Waals surface area contributed by atoms with Crippen LogP contribution < -0.4 is 5.32 Å². The standard InChI is InChI=1S/C18H21NO/c1-12-7-5-6-8-16(12)11-19-18(20)17-10-14(3)13(2)9-15(17)4/h5-10H,11H2,1-4H3,(H,19,20). The van der Waals surface area contributed by atoms with E-state index >= 15 is 0 Å². The Labute approximate surface area is 120 Å². The van der Waals surface area contributed by atoms with E-state index in [2.05, 4.69) is 31.3 Å². The molecule has 2 aromatic carbocycles. The Morgan fingerprint density at radius 3 is 2.25 bits per heavy atom. The van der Waals surface area contributed by atoms with Gasteiger partial charge in [-0.25, -0.2) is 0 Å². The van der Waals surface area contributed by atoms with Crippen molar-refractivity contribution < 1.29 is 4.79 Å². The molecule has 2 nitrogen and oxygen atoms in total. The first-order chi connectivity index (χ1) is 9.49. The van der Waals surface area contributed by atoms with Crippen molar-refractivity contribution in [1.29, 1.82) is 0 Å². The molecule has 0 heterocycles. The average Bonchev–Trinajstić information content (AvgIpc) is 2.41. The zero-order valence-corrected chi connectivity index (χ0v) is 12.6. The predicted octanol–water partition coefficient (Wildman–Crippen LogP) is 3.85. The normalized spacial score (nSPS) is 10.4. The van der Waals surface area contributed by atoms with Gasteiger partial charge in [0.15, 0.2) is 0 Å². The Morgan fingerprint density at radius 1 is 0.900 bits per heavy atom. The van der Waals surface area contributed by atoms with Crippen LogP contribution in [0.5, 0.6) is 0 Å². The molecule has 0 fully saturated rings. The van der Waals surface area contributed by atoms with E-state index in [4.69, 9.17) is 0 Å². The van der Waals surface area contributed by atoms with E-state index in [0.29, 0.717) is 6.54 Å². The summed E-state index contributed by atoms with van der Waals surface area (Å²) in [6.07, 6.45) is 0. The molecule has 2 aromatic rings. The van der Waals surface area contributed by atoms with Crippen molar-refractivity contribution in [3.8, 4) is 0 Å². The van der Waals surface area contributed by atoms with Crippen LogP contribution in [0.2, 0.25) is 0 Å². The van der Waals surface area contributed by atoms with Crippen molar-refractivity contribution in [2.75, 3.05) is 0 Å². The van der Waals surface area contributed by atoms with Gasteiger partial charge in [-0.1, -0.05) is 30.3 Å². The molecule has 1 amide bonds. The summed E-state index contributed by atoms with van der Waals surface area (Å²) in [6.45, 7) is 8.71. The lowest BCUT2D eigenvalue weighted by Gasteiger charge is -2.11. The molecule has 0 saturated heterocycles. The van der Waals surface area contributed by atoms with Crippen LogP contribution in [0.4, 0.5) is 0 Å². The van der Waals surface area contributed by atoms with Gasteiger partial charge in [-0.2, -0.15) is 0 Å². The first-order valence-electron chi connectivity index (χ1n) is 6.89. The number of carbonyl (C=O) groups is 1. The highest BCUT2D eigenvalue weighted by molar-refractivity contribution is 5.95. The maximum atomic E-state index is 12.3. The molecule has 0 unspecified atom stereocenters. The number of nitrogens with one attached hydrogen (secondary N) is 1. The fraction of sp³-hybridized carbons (Fsp3) is 0.278. The number of hydrogen-bond acceptors (Lipinski definition) is 1. The molecule has 0 aliphatic rings. The van der Waals surface area contributed by atoms with Crippen molar-refractivity contribution in [2.24, 2.45) is 0 Å². The monoisotopic (exact) mass is 267 g/mol. The molecular formula is C18H21NO. The summed E-state index contributed by atoms with van der Waals surface area (Å²) < 4.78 is 0. The zero-order chi connectivity index (χ0) is 14.7. The van der Waals surface area contributed by atoms with E-state index in [-0.39, 0.29) is 5.91 Å². The molecule has 0 bridgehead atoms. The van der Waals surface area contributed by atoms with Gasteiger partial charge in [0.1, 0.15) is 0 Å². The lowest BCUT2D eigenvalue weighted by Crippen LogP contribution is -2.24. The molecular weight excluding hydrogens is 246 g/mol. The Kier molecular flexibility index (Phi) is 4.23. The van der Waals surface area contributed by atoms with Crippen LogP contribution in [0.25, 0.3) is 0 Å². The van der Waals surface area contributed by atoms with Crippen LogP contribution in [0.3, 0.4) is 0 Å². The highest BCUT2D eigenvalue weighted by Gasteiger charge is 2.10. The first kappa shape index (κ1) is 14.3. The van der Waals surface area contributed by atoms with Gasteiger partial charge in [0, 0.05) is 12.1 Å².